The van der Waals surface area contributed by atoms with Crippen molar-refractivity contribution >= 4 is 44.9 Å². The Labute approximate surface area is 174 Å². The summed E-state index contributed by atoms with van der Waals surface area (Å²) < 4.78 is 64.8. The van der Waals surface area contributed by atoms with Gasteiger partial charge in [0.2, 0.25) is 0 Å². The fourth-order valence-electron chi connectivity index (χ4n) is 3.17. The third kappa shape index (κ3) is 3.71. The van der Waals surface area contributed by atoms with E-state index in [1.54, 1.807) is 24.3 Å². The van der Waals surface area contributed by atoms with Crippen LogP contribution in [0.4, 0.5) is 13.2 Å². The van der Waals surface area contributed by atoms with Crippen LogP contribution in [0.15, 0.2) is 60.7 Å². The zero-order chi connectivity index (χ0) is 22.4. The molecule has 0 radical (unpaired) electrons. The molecule has 10 heteroatoms. The number of alkyl halides is 3. The van der Waals surface area contributed by atoms with Crippen molar-refractivity contribution in [3.8, 4) is 0 Å². The molecule has 3 aromatic rings. The summed E-state index contributed by atoms with van der Waals surface area (Å²) in [6.07, 6.45) is 3.44. The Morgan fingerprint density at radius 2 is 1.45 bits per heavy atom. The average Bonchev–Trinajstić information content (AvgIpc) is 2.73. The Bertz CT molecular complexity index is 1350. The molecule has 0 saturated heterocycles. The summed E-state index contributed by atoms with van der Waals surface area (Å²) in [7, 11) is -6.22. The number of amides is 2. The quantitative estimate of drug-likeness (QED) is 0.337. The first-order valence-electron chi connectivity index (χ1n) is 8.78. The first kappa shape index (κ1) is 20.8. The molecular formula is C21H12F3NO5S. The molecule has 1 aliphatic rings. The van der Waals surface area contributed by atoms with E-state index < -0.39 is 27.4 Å². The third-order valence-corrected chi connectivity index (χ3v) is 5.47. The largest absolute Gasteiger partial charge is 0.525 e. The molecule has 0 unspecified atom stereocenters. The molecule has 2 amide bonds. The third-order valence-electron chi connectivity index (χ3n) is 4.55. The van der Waals surface area contributed by atoms with Gasteiger partial charge < -0.3 is 0 Å². The van der Waals surface area contributed by atoms with Gasteiger partial charge in [-0.25, -0.2) is 0 Å². The van der Waals surface area contributed by atoms with Crippen molar-refractivity contribution in [3.63, 3.8) is 0 Å². The minimum absolute atomic E-state index is 0.150. The SMILES string of the molecule is O=C1c2cccc3cc(/C=C/c4ccccc4)cc(c23)C(=O)N1OS(=O)(=O)C(F)(F)F. The summed E-state index contributed by atoms with van der Waals surface area (Å²) in [4.78, 5) is 25.3. The van der Waals surface area contributed by atoms with Gasteiger partial charge in [0.15, 0.2) is 0 Å². The molecule has 3 aromatic carbocycles. The van der Waals surface area contributed by atoms with E-state index in [2.05, 4.69) is 4.28 Å². The lowest BCUT2D eigenvalue weighted by Gasteiger charge is -2.25. The monoisotopic (exact) mass is 447 g/mol. The van der Waals surface area contributed by atoms with Gasteiger partial charge in [-0.15, -0.1) is 9.35 Å². The maximum Gasteiger partial charge on any atom is 0.525 e. The predicted octanol–water partition coefficient (Wildman–Crippen LogP) is 4.39. The smallest absolute Gasteiger partial charge is 0.266 e. The van der Waals surface area contributed by atoms with Crippen LogP contribution < -0.4 is 0 Å². The van der Waals surface area contributed by atoms with Crippen molar-refractivity contribution in [1.29, 1.82) is 0 Å². The zero-order valence-corrected chi connectivity index (χ0v) is 16.3. The maximum atomic E-state index is 12.8. The molecule has 0 aromatic heterocycles. The van der Waals surface area contributed by atoms with Gasteiger partial charge in [0.25, 0.3) is 11.8 Å². The average molecular weight is 447 g/mol. The minimum atomic E-state index is -6.22. The van der Waals surface area contributed by atoms with Crippen molar-refractivity contribution in [2.24, 2.45) is 0 Å². The fraction of sp³-hybridized carbons (Fsp3) is 0.0476. The van der Waals surface area contributed by atoms with Crippen molar-refractivity contribution in [1.82, 2.24) is 5.06 Å². The second kappa shape index (κ2) is 7.33. The van der Waals surface area contributed by atoms with Crippen LogP contribution in [-0.2, 0) is 14.4 Å². The lowest BCUT2D eigenvalue weighted by atomic mass is 9.93. The first-order chi connectivity index (χ1) is 14.6. The summed E-state index contributed by atoms with van der Waals surface area (Å²) in [6, 6.07) is 16.6. The Hall–Kier alpha value is -3.50. The molecule has 0 aliphatic carbocycles. The Kier molecular flexibility index (Phi) is 4.91. The lowest BCUT2D eigenvalue weighted by molar-refractivity contribution is -0.0761. The normalized spacial score (nSPS) is 14.6. The molecule has 0 saturated carbocycles. The number of carbonyl (C=O) groups is 2. The highest BCUT2D eigenvalue weighted by Gasteiger charge is 2.51. The second-order valence-corrected chi connectivity index (χ2v) is 8.12. The van der Waals surface area contributed by atoms with Gasteiger partial charge in [-0.05, 0) is 34.7 Å². The van der Waals surface area contributed by atoms with Crippen molar-refractivity contribution < 1.29 is 35.5 Å². The molecular weight excluding hydrogens is 435 g/mol. The van der Waals surface area contributed by atoms with E-state index in [1.165, 1.54) is 18.2 Å². The van der Waals surface area contributed by atoms with Gasteiger partial charge in [0.05, 0.1) is 11.1 Å². The molecule has 0 spiro atoms. The number of halogens is 3. The Morgan fingerprint density at radius 3 is 2.13 bits per heavy atom. The molecule has 4 rings (SSSR count). The predicted molar refractivity (Wildman–Crippen MR) is 106 cm³/mol. The number of hydrogen-bond acceptors (Lipinski definition) is 5. The molecule has 158 valence electrons. The number of imide groups is 1. The summed E-state index contributed by atoms with van der Waals surface area (Å²) in [5.74, 6) is -2.61. The first-order valence-corrected chi connectivity index (χ1v) is 10.2. The topological polar surface area (TPSA) is 80.8 Å². The molecule has 31 heavy (non-hydrogen) atoms. The molecule has 0 atom stereocenters. The van der Waals surface area contributed by atoms with Crippen LogP contribution in [-0.4, -0.2) is 30.8 Å². The van der Waals surface area contributed by atoms with Crippen LogP contribution in [0.5, 0.6) is 0 Å². The molecule has 6 nitrogen and oxygen atoms in total. The maximum absolute atomic E-state index is 12.8. The van der Waals surface area contributed by atoms with Gasteiger partial charge in [-0.1, -0.05) is 54.6 Å². The Morgan fingerprint density at radius 1 is 0.806 bits per heavy atom. The molecule has 0 fully saturated rings. The summed E-state index contributed by atoms with van der Waals surface area (Å²) in [6.45, 7) is 0. The number of nitrogens with zero attached hydrogens (tertiary/aromatic N) is 1. The van der Waals surface area contributed by atoms with E-state index >= 15 is 0 Å². The standard InChI is InChI=1S/C21H12F3NO5S/c22-21(23,24)31(28,29)30-25-19(26)16-8-4-7-15-11-14(12-17(18(15)16)20(25)27)10-9-13-5-2-1-3-6-13/h1-12H/b10-9+. The van der Waals surface area contributed by atoms with Crippen LogP contribution in [0.25, 0.3) is 22.9 Å². The van der Waals surface area contributed by atoms with Crippen LogP contribution in [0.2, 0.25) is 0 Å². The highest BCUT2D eigenvalue weighted by Crippen LogP contribution is 2.34. The van der Waals surface area contributed by atoms with Crippen LogP contribution in [0.1, 0.15) is 31.8 Å². The van der Waals surface area contributed by atoms with Crippen LogP contribution in [0, 0.1) is 0 Å². The van der Waals surface area contributed by atoms with Gasteiger partial charge in [0.1, 0.15) is 0 Å². The number of carbonyl (C=O) groups excluding carboxylic acids is 2. The zero-order valence-electron chi connectivity index (χ0n) is 15.5. The van der Waals surface area contributed by atoms with E-state index in [-0.39, 0.29) is 21.6 Å². The number of benzene rings is 3. The summed E-state index contributed by atoms with van der Waals surface area (Å²) in [5.41, 5.74) is -4.72. The van der Waals surface area contributed by atoms with E-state index in [0.717, 1.165) is 5.56 Å². The molecule has 0 N–H and O–H groups in total. The van der Waals surface area contributed by atoms with Crippen LogP contribution in [0.3, 0.4) is 0 Å². The van der Waals surface area contributed by atoms with Gasteiger partial charge in [0, 0.05) is 5.39 Å². The number of hydroxylamine groups is 2. The van der Waals surface area contributed by atoms with Crippen LogP contribution >= 0.6 is 0 Å². The van der Waals surface area contributed by atoms with E-state index in [4.69, 9.17) is 0 Å². The highest BCUT2D eigenvalue weighted by molar-refractivity contribution is 7.87. The van der Waals surface area contributed by atoms with Crippen molar-refractivity contribution in [3.05, 3.63) is 82.9 Å². The second-order valence-electron chi connectivity index (χ2n) is 6.60. The van der Waals surface area contributed by atoms with E-state index in [1.807, 2.05) is 30.3 Å². The molecule has 1 aliphatic heterocycles. The number of rotatable bonds is 4. The Balaban J connectivity index is 1.81. The number of hydrogen-bond donors (Lipinski definition) is 0. The highest BCUT2D eigenvalue weighted by atomic mass is 32.2. The van der Waals surface area contributed by atoms with E-state index in [0.29, 0.717) is 10.9 Å². The lowest BCUT2D eigenvalue weighted by Crippen LogP contribution is -2.44. The molecule has 0 bridgehead atoms. The minimum Gasteiger partial charge on any atom is -0.266 e. The summed E-state index contributed by atoms with van der Waals surface area (Å²) in [5, 5.41) is 0.325. The van der Waals surface area contributed by atoms with Gasteiger partial charge >= 0.3 is 15.6 Å². The summed E-state index contributed by atoms with van der Waals surface area (Å²) >= 11 is 0. The van der Waals surface area contributed by atoms with Crippen molar-refractivity contribution in [2.75, 3.05) is 0 Å². The van der Waals surface area contributed by atoms with Gasteiger partial charge in [-0.2, -0.15) is 21.6 Å². The van der Waals surface area contributed by atoms with Gasteiger partial charge in [-0.3, -0.25) is 9.59 Å². The fourth-order valence-corrected chi connectivity index (χ4v) is 3.59. The van der Waals surface area contributed by atoms with Crippen molar-refractivity contribution in [2.45, 2.75) is 5.51 Å². The van der Waals surface area contributed by atoms with E-state index in [9.17, 15) is 31.2 Å². The molecule has 1 heterocycles.